The van der Waals surface area contributed by atoms with E-state index in [2.05, 4.69) is 20.6 Å². The molecule has 1 fully saturated rings. The average molecular weight is 249 g/mol. The largest absolute Gasteiger partial charge is 0.384 e. The fourth-order valence-electron chi connectivity index (χ4n) is 1.63. The monoisotopic (exact) mass is 249 g/mol. The number of nitrogens with two attached hydrogens (primary N) is 1. The van der Waals surface area contributed by atoms with Gasteiger partial charge >= 0.3 is 0 Å². The van der Waals surface area contributed by atoms with Crippen LogP contribution in [0.3, 0.4) is 0 Å². The lowest BCUT2D eigenvalue weighted by atomic mass is 10.4. The molecule has 0 spiro atoms. The minimum Gasteiger partial charge on any atom is -0.384 e. The lowest BCUT2D eigenvalue weighted by Gasteiger charge is -2.08. The predicted octanol–water partition coefficient (Wildman–Crippen LogP) is 0.559. The first-order chi connectivity index (χ1) is 8.69. The molecule has 1 amide bonds. The van der Waals surface area contributed by atoms with Gasteiger partial charge in [0.25, 0.3) is 0 Å². The summed E-state index contributed by atoms with van der Waals surface area (Å²) in [6, 6.07) is 1.70. The molecular formula is C12H19N5O. The van der Waals surface area contributed by atoms with Gasteiger partial charge in [-0.1, -0.05) is 6.92 Å². The van der Waals surface area contributed by atoms with Gasteiger partial charge in [0, 0.05) is 31.5 Å². The Labute approximate surface area is 106 Å². The van der Waals surface area contributed by atoms with Crippen molar-refractivity contribution in [3.63, 3.8) is 0 Å². The minimum absolute atomic E-state index is 0.160. The maximum Gasteiger partial charge on any atom is 0.223 e. The minimum atomic E-state index is 0.160. The van der Waals surface area contributed by atoms with Gasteiger partial charge in [-0.05, 0) is 12.8 Å². The van der Waals surface area contributed by atoms with E-state index in [4.69, 9.17) is 5.73 Å². The Morgan fingerprint density at radius 1 is 1.44 bits per heavy atom. The second-order valence-corrected chi connectivity index (χ2v) is 4.44. The number of nitrogen functional groups attached to an aromatic ring is 1. The Kier molecular flexibility index (Phi) is 3.96. The Balaban J connectivity index is 1.75. The number of hydrogen-bond acceptors (Lipinski definition) is 5. The number of carbonyl (C=O) groups is 1. The van der Waals surface area contributed by atoms with Crippen molar-refractivity contribution >= 4 is 17.5 Å². The molecule has 1 aromatic heterocycles. The molecular weight excluding hydrogens is 230 g/mol. The van der Waals surface area contributed by atoms with Gasteiger partial charge < -0.3 is 16.4 Å². The zero-order valence-corrected chi connectivity index (χ0v) is 10.6. The molecule has 4 N–H and O–H groups in total. The van der Waals surface area contributed by atoms with Crippen LogP contribution in [0.5, 0.6) is 0 Å². The zero-order valence-electron chi connectivity index (χ0n) is 10.6. The quantitative estimate of drug-likeness (QED) is 0.641. The highest BCUT2D eigenvalue weighted by molar-refractivity contribution is 5.80. The van der Waals surface area contributed by atoms with Crippen LogP contribution in [0.4, 0.5) is 11.6 Å². The smallest absolute Gasteiger partial charge is 0.223 e. The van der Waals surface area contributed by atoms with E-state index >= 15 is 0 Å². The van der Waals surface area contributed by atoms with Crippen molar-refractivity contribution in [3.8, 4) is 0 Å². The number of carbonyl (C=O) groups excluding carboxylic acids is 1. The van der Waals surface area contributed by atoms with E-state index in [1.165, 1.54) is 0 Å². The Morgan fingerprint density at radius 3 is 2.89 bits per heavy atom. The van der Waals surface area contributed by atoms with Gasteiger partial charge in [-0.2, -0.15) is 0 Å². The SMILES string of the molecule is CCc1nc(N)cc(NCCNC(=O)C2CC2)n1. The lowest BCUT2D eigenvalue weighted by Crippen LogP contribution is -2.30. The summed E-state index contributed by atoms with van der Waals surface area (Å²) in [6.45, 7) is 3.22. The van der Waals surface area contributed by atoms with Crippen LogP contribution in [0, 0.1) is 5.92 Å². The number of aromatic nitrogens is 2. The molecule has 98 valence electrons. The van der Waals surface area contributed by atoms with Gasteiger partial charge in [-0.3, -0.25) is 4.79 Å². The van der Waals surface area contributed by atoms with Gasteiger partial charge in [-0.25, -0.2) is 9.97 Å². The van der Waals surface area contributed by atoms with Crippen LogP contribution in [0.1, 0.15) is 25.6 Å². The van der Waals surface area contributed by atoms with E-state index in [0.717, 1.165) is 25.1 Å². The first-order valence-corrected chi connectivity index (χ1v) is 6.34. The summed E-state index contributed by atoms with van der Waals surface area (Å²) < 4.78 is 0. The second kappa shape index (κ2) is 5.66. The van der Waals surface area contributed by atoms with Crippen LogP contribution in [-0.4, -0.2) is 29.0 Å². The van der Waals surface area contributed by atoms with Crippen LogP contribution in [0.15, 0.2) is 6.07 Å². The third kappa shape index (κ3) is 3.58. The number of rotatable bonds is 6. The van der Waals surface area contributed by atoms with Crippen molar-refractivity contribution in [2.24, 2.45) is 5.92 Å². The lowest BCUT2D eigenvalue weighted by molar-refractivity contribution is -0.122. The molecule has 2 rings (SSSR count). The summed E-state index contributed by atoms with van der Waals surface area (Å²) in [4.78, 5) is 19.8. The van der Waals surface area contributed by atoms with Crippen LogP contribution >= 0.6 is 0 Å². The second-order valence-electron chi connectivity index (χ2n) is 4.44. The molecule has 0 unspecified atom stereocenters. The van der Waals surface area contributed by atoms with Crippen molar-refractivity contribution in [2.45, 2.75) is 26.2 Å². The molecule has 1 aliphatic carbocycles. The first kappa shape index (κ1) is 12.6. The molecule has 0 aromatic carbocycles. The van der Waals surface area contributed by atoms with Crippen molar-refractivity contribution < 1.29 is 4.79 Å². The van der Waals surface area contributed by atoms with Crippen LogP contribution in [-0.2, 0) is 11.2 Å². The van der Waals surface area contributed by atoms with Crippen LogP contribution in [0.25, 0.3) is 0 Å². The van der Waals surface area contributed by atoms with Crippen molar-refractivity contribution in [3.05, 3.63) is 11.9 Å². The Hall–Kier alpha value is -1.85. The topological polar surface area (TPSA) is 92.9 Å². The summed E-state index contributed by atoms with van der Waals surface area (Å²) in [5.74, 6) is 2.31. The standard InChI is InChI=1S/C12H19N5O/c1-2-10-16-9(13)7-11(17-10)14-5-6-15-12(18)8-3-4-8/h7-8H,2-6H2,1H3,(H,15,18)(H3,13,14,16,17). The van der Waals surface area contributed by atoms with Crippen molar-refractivity contribution in [1.82, 2.24) is 15.3 Å². The number of anilines is 2. The van der Waals surface area contributed by atoms with Gasteiger partial charge in [-0.15, -0.1) is 0 Å². The van der Waals surface area contributed by atoms with Crippen LogP contribution < -0.4 is 16.4 Å². The van der Waals surface area contributed by atoms with Gasteiger partial charge in [0.15, 0.2) is 0 Å². The van der Waals surface area contributed by atoms with E-state index < -0.39 is 0 Å². The van der Waals surface area contributed by atoms with E-state index in [-0.39, 0.29) is 11.8 Å². The molecule has 18 heavy (non-hydrogen) atoms. The summed E-state index contributed by atoms with van der Waals surface area (Å²) >= 11 is 0. The third-order valence-electron chi connectivity index (χ3n) is 2.79. The van der Waals surface area contributed by atoms with E-state index in [0.29, 0.717) is 24.7 Å². The summed E-state index contributed by atoms with van der Waals surface area (Å²) in [5, 5.41) is 6.01. The summed E-state index contributed by atoms with van der Waals surface area (Å²) in [5.41, 5.74) is 5.67. The highest BCUT2D eigenvalue weighted by atomic mass is 16.2. The van der Waals surface area contributed by atoms with Crippen molar-refractivity contribution in [1.29, 1.82) is 0 Å². The van der Waals surface area contributed by atoms with Crippen LogP contribution in [0.2, 0.25) is 0 Å². The number of hydrogen-bond donors (Lipinski definition) is 3. The maximum atomic E-state index is 11.4. The molecule has 0 aliphatic heterocycles. The number of amides is 1. The van der Waals surface area contributed by atoms with E-state index in [1.807, 2.05) is 6.92 Å². The van der Waals surface area contributed by atoms with Gasteiger partial charge in [0.2, 0.25) is 5.91 Å². The number of aryl methyl sites for hydroxylation is 1. The highest BCUT2D eigenvalue weighted by Crippen LogP contribution is 2.28. The fourth-order valence-corrected chi connectivity index (χ4v) is 1.63. The average Bonchev–Trinajstić information content (AvgIpc) is 3.17. The van der Waals surface area contributed by atoms with Crippen molar-refractivity contribution in [2.75, 3.05) is 24.1 Å². The highest BCUT2D eigenvalue weighted by Gasteiger charge is 2.28. The number of nitrogens with one attached hydrogen (secondary N) is 2. The third-order valence-corrected chi connectivity index (χ3v) is 2.79. The normalized spacial score (nSPS) is 14.3. The maximum absolute atomic E-state index is 11.4. The molecule has 6 heteroatoms. The molecule has 1 saturated carbocycles. The molecule has 0 atom stereocenters. The molecule has 1 aliphatic rings. The van der Waals surface area contributed by atoms with E-state index in [9.17, 15) is 4.79 Å². The first-order valence-electron chi connectivity index (χ1n) is 6.34. The van der Waals surface area contributed by atoms with Gasteiger partial charge in [0.1, 0.15) is 17.5 Å². The van der Waals surface area contributed by atoms with Gasteiger partial charge in [0.05, 0.1) is 0 Å². The molecule has 0 saturated heterocycles. The Bertz CT molecular complexity index is 430. The van der Waals surface area contributed by atoms with E-state index in [1.54, 1.807) is 6.07 Å². The fraction of sp³-hybridized carbons (Fsp3) is 0.583. The molecule has 1 heterocycles. The summed E-state index contributed by atoms with van der Waals surface area (Å²) in [7, 11) is 0. The Morgan fingerprint density at radius 2 is 2.22 bits per heavy atom. The predicted molar refractivity (Wildman–Crippen MR) is 70.0 cm³/mol. The number of nitrogens with zero attached hydrogens (tertiary/aromatic N) is 2. The molecule has 0 bridgehead atoms. The zero-order chi connectivity index (χ0) is 13.0. The molecule has 0 radical (unpaired) electrons. The molecule has 1 aromatic rings. The molecule has 6 nitrogen and oxygen atoms in total. The summed E-state index contributed by atoms with van der Waals surface area (Å²) in [6.07, 6.45) is 2.81.